The number of nitrogens with zero attached hydrogens (tertiary/aromatic N) is 2. The number of nitrogens with one attached hydrogen (secondary N) is 1. The van der Waals surface area contributed by atoms with Gasteiger partial charge in [0.1, 0.15) is 0 Å². The van der Waals surface area contributed by atoms with Gasteiger partial charge < -0.3 is 15.1 Å². The predicted octanol–water partition coefficient (Wildman–Crippen LogP) is 1.28. The molecule has 6 heteroatoms. The highest BCUT2D eigenvalue weighted by Gasteiger charge is 2.29. The fourth-order valence-electron chi connectivity index (χ4n) is 1.90. The lowest BCUT2D eigenvalue weighted by Gasteiger charge is -2.32. The van der Waals surface area contributed by atoms with Gasteiger partial charge in [-0.1, -0.05) is 6.07 Å². The molecule has 1 amide bonds. The van der Waals surface area contributed by atoms with Crippen molar-refractivity contribution in [2.45, 2.75) is 6.54 Å². The van der Waals surface area contributed by atoms with Gasteiger partial charge in [-0.2, -0.15) is 0 Å². The minimum Gasteiger partial charge on any atom is -0.336 e. The van der Waals surface area contributed by atoms with Gasteiger partial charge in [0, 0.05) is 31.1 Å². The minimum atomic E-state index is 0. The average molecular weight is 304 g/mol. The van der Waals surface area contributed by atoms with E-state index in [1.807, 2.05) is 25.1 Å². The standard InChI is InChI=1S/C13H21N3OS.ClH/c1-15(2)5-6-16(10-12-4-3-7-18-12)13(17)11-8-14-9-11;/h3-4,7,11,14H,5-6,8-10H2,1-2H3;1H. The Labute approximate surface area is 125 Å². The molecule has 4 nitrogen and oxygen atoms in total. The van der Waals surface area contributed by atoms with Gasteiger partial charge in [-0.25, -0.2) is 0 Å². The Morgan fingerprint density at radius 2 is 2.16 bits per heavy atom. The molecular formula is C13H22ClN3OS. The third-order valence-corrected chi connectivity index (χ3v) is 4.05. The summed E-state index contributed by atoms with van der Waals surface area (Å²) in [5.41, 5.74) is 0. The van der Waals surface area contributed by atoms with Gasteiger partial charge in [0.05, 0.1) is 12.5 Å². The van der Waals surface area contributed by atoms with E-state index in [4.69, 9.17) is 0 Å². The fraction of sp³-hybridized carbons (Fsp3) is 0.615. The van der Waals surface area contributed by atoms with Crippen molar-refractivity contribution < 1.29 is 4.79 Å². The van der Waals surface area contributed by atoms with E-state index in [1.54, 1.807) is 11.3 Å². The van der Waals surface area contributed by atoms with Crippen LogP contribution in [0.1, 0.15) is 4.88 Å². The van der Waals surface area contributed by atoms with Gasteiger partial charge >= 0.3 is 0 Å². The van der Waals surface area contributed by atoms with E-state index in [-0.39, 0.29) is 18.3 Å². The molecule has 0 radical (unpaired) electrons. The molecule has 1 fully saturated rings. The van der Waals surface area contributed by atoms with Crippen LogP contribution in [0.4, 0.5) is 0 Å². The molecule has 108 valence electrons. The molecule has 2 heterocycles. The molecule has 0 unspecified atom stereocenters. The maximum Gasteiger partial charge on any atom is 0.228 e. The van der Waals surface area contributed by atoms with E-state index in [9.17, 15) is 4.79 Å². The van der Waals surface area contributed by atoms with Crippen LogP contribution >= 0.6 is 23.7 Å². The maximum atomic E-state index is 12.3. The summed E-state index contributed by atoms with van der Waals surface area (Å²) in [4.78, 5) is 17.7. The zero-order valence-corrected chi connectivity index (χ0v) is 13.1. The quantitative estimate of drug-likeness (QED) is 0.860. The largest absolute Gasteiger partial charge is 0.336 e. The van der Waals surface area contributed by atoms with Gasteiger partial charge in [-0.3, -0.25) is 4.79 Å². The van der Waals surface area contributed by atoms with Gasteiger partial charge in [0.25, 0.3) is 0 Å². The first-order valence-corrected chi connectivity index (χ1v) is 7.21. The van der Waals surface area contributed by atoms with Crippen molar-refractivity contribution in [1.29, 1.82) is 0 Å². The third-order valence-electron chi connectivity index (χ3n) is 3.19. The Hall–Kier alpha value is -0.620. The van der Waals surface area contributed by atoms with E-state index in [2.05, 4.69) is 21.7 Å². The molecule has 1 saturated heterocycles. The first-order valence-electron chi connectivity index (χ1n) is 6.33. The number of carbonyl (C=O) groups is 1. The fourth-order valence-corrected chi connectivity index (χ4v) is 2.62. The smallest absolute Gasteiger partial charge is 0.228 e. The second-order valence-electron chi connectivity index (χ2n) is 5.00. The van der Waals surface area contributed by atoms with E-state index in [0.717, 1.165) is 32.7 Å². The lowest BCUT2D eigenvalue weighted by atomic mass is 10.0. The highest BCUT2D eigenvalue weighted by Crippen LogP contribution is 2.15. The van der Waals surface area contributed by atoms with Gasteiger partial charge in [-0.05, 0) is 25.5 Å². The van der Waals surface area contributed by atoms with Gasteiger partial charge in [0.15, 0.2) is 0 Å². The molecule has 1 N–H and O–H groups in total. The zero-order chi connectivity index (χ0) is 13.0. The Morgan fingerprint density at radius 1 is 1.42 bits per heavy atom. The number of hydrogen-bond donors (Lipinski definition) is 1. The van der Waals surface area contributed by atoms with Crippen LogP contribution < -0.4 is 5.32 Å². The van der Waals surface area contributed by atoms with Gasteiger partial charge in [-0.15, -0.1) is 23.7 Å². The molecule has 1 aliphatic rings. The van der Waals surface area contributed by atoms with Crippen LogP contribution in [-0.4, -0.2) is 56.0 Å². The van der Waals surface area contributed by atoms with E-state index >= 15 is 0 Å². The van der Waals surface area contributed by atoms with Crippen LogP contribution in [0.2, 0.25) is 0 Å². The van der Waals surface area contributed by atoms with Crippen molar-refractivity contribution in [2.75, 3.05) is 40.3 Å². The molecule has 0 aromatic carbocycles. The molecule has 19 heavy (non-hydrogen) atoms. The third kappa shape index (κ3) is 4.76. The number of likely N-dealkylation sites (N-methyl/N-ethyl adjacent to an activating group) is 1. The molecule has 0 atom stereocenters. The summed E-state index contributed by atoms with van der Waals surface area (Å²) >= 11 is 1.72. The van der Waals surface area contributed by atoms with Crippen LogP contribution in [0, 0.1) is 5.92 Å². The summed E-state index contributed by atoms with van der Waals surface area (Å²) in [6.45, 7) is 4.14. The van der Waals surface area contributed by atoms with Crippen LogP contribution in [0.25, 0.3) is 0 Å². The molecule has 2 rings (SSSR count). The normalized spacial score (nSPS) is 14.9. The number of carbonyl (C=O) groups excluding carboxylic acids is 1. The minimum absolute atomic E-state index is 0. The van der Waals surface area contributed by atoms with Crippen molar-refractivity contribution >= 4 is 29.7 Å². The average Bonchev–Trinajstić information content (AvgIpc) is 2.73. The topological polar surface area (TPSA) is 35.6 Å². The molecule has 1 aliphatic heterocycles. The SMILES string of the molecule is CN(C)CCN(Cc1cccs1)C(=O)C1CNC1.Cl. The number of amides is 1. The summed E-state index contributed by atoms with van der Waals surface area (Å²) in [6.07, 6.45) is 0. The molecule has 1 aromatic rings. The summed E-state index contributed by atoms with van der Waals surface area (Å²) in [5.74, 6) is 0.483. The highest BCUT2D eigenvalue weighted by molar-refractivity contribution is 7.09. The summed E-state index contributed by atoms with van der Waals surface area (Å²) in [5, 5.41) is 5.23. The van der Waals surface area contributed by atoms with Gasteiger partial charge in [0.2, 0.25) is 5.91 Å². The Bertz CT molecular complexity index is 379. The van der Waals surface area contributed by atoms with Crippen LogP contribution in [-0.2, 0) is 11.3 Å². The zero-order valence-electron chi connectivity index (χ0n) is 11.5. The second kappa shape index (κ2) is 7.85. The van der Waals surface area contributed by atoms with Crippen molar-refractivity contribution in [1.82, 2.24) is 15.1 Å². The Balaban J connectivity index is 0.00000180. The monoisotopic (exact) mass is 303 g/mol. The lowest BCUT2D eigenvalue weighted by molar-refractivity contribution is -0.137. The Kier molecular flexibility index (Phi) is 6.79. The van der Waals surface area contributed by atoms with Crippen molar-refractivity contribution in [3.05, 3.63) is 22.4 Å². The molecule has 0 spiro atoms. The predicted molar refractivity (Wildman–Crippen MR) is 81.9 cm³/mol. The van der Waals surface area contributed by atoms with Crippen LogP contribution in [0.5, 0.6) is 0 Å². The number of rotatable bonds is 6. The number of halogens is 1. The van der Waals surface area contributed by atoms with E-state index in [1.165, 1.54) is 4.88 Å². The van der Waals surface area contributed by atoms with Crippen LogP contribution in [0.3, 0.4) is 0 Å². The molecule has 1 aromatic heterocycles. The first kappa shape index (κ1) is 16.4. The molecule has 0 saturated carbocycles. The van der Waals surface area contributed by atoms with E-state index in [0.29, 0.717) is 5.91 Å². The maximum absolute atomic E-state index is 12.3. The molecular weight excluding hydrogens is 282 g/mol. The first-order chi connectivity index (χ1) is 8.66. The van der Waals surface area contributed by atoms with Crippen molar-refractivity contribution in [2.24, 2.45) is 5.92 Å². The van der Waals surface area contributed by atoms with Crippen LogP contribution in [0.15, 0.2) is 17.5 Å². The highest BCUT2D eigenvalue weighted by atomic mass is 35.5. The second-order valence-corrected chi connectivity index (χ2v) is 6.03. The van der Waals surface area contributed by atoms with Crippen molar-refractivity contribution in [3.63, 3.8) is 0 Å². The number of hydrogen-bond acceptors (Lipinski definition) is 4. The van der Waals surface area contributed by atoms with Crippen molar-refractivity contribution in [3.8, 4) is 0 Å². The molecule has 0 aliphatic carbocycles. The lowest BCUT2D eigenvalue weighted by Crippen LogP contribution is -2.52. The van der Waals surface area contributed by atoms with E-state index < -0.39 is 0 Å². The summed E-state index contributed by atoms with van der Waals surface area (Å²) in [7, 11) is 4.08. The Morgan fingerprint density at radius 3 is 2.63 bits per heavy atom. The summed E-state index contributed by atoms with van der Waals surface area (Å²) < 4.78 is 0. The molecule has 0 bridgehead atoms. The number of thiophene rings is 1. The summed E-state index contributed by atoms with van der Waals surface area (Å²) in [6, 6.07) is 4.14.